The van der Waals surface area contributed by atoms with Crippen molar-refractivity contribution in [1.29, 1.82) is 0 Å². The van der Waals surface area contributed by atoms with E-state index in [-0.39, 0.29) is 5.91 Å². The van der Waals surface area contributed by atoms with Crippen LogP contribution >= 0.6 is 0 Å². The first kappa shape index (κ1) is 19.7. The summed E-state index contributed by atoms with van der Waals surface area (Å²) in [4.78, 5) is 18.8. The van der Waals surface area contributed by atoms with Crippen molar-refractivity contribution in [2.75, 3.05) is 50.1 Å². The standard InChI is InChI=1S/C23H25N5O2/c1-26(2)21-12-13-22(25-24-21)27-14-16-28(17-15-27)23(29)18-8-10-20(11-9-18)30-19-6-4-3-5-7-19/h3-13H,14-17H2,1-2H3. The van der Waals surface area contributed by atoms with Gasteiger partial charge in [-0.1, -0.05) is 18.2 Å². The molecule has 2 aromatic carbocycles. The van der Waals surface area contributed by atoms with E-state index in [0.29, 0.717) is 24.4 Å². The predicted molar refractivity (Wildman–Crippen MR) is 117 cm³/mol. The molecule has 0 aliphatic carbocycles. The molecule has 1 aliphatic heterocycles. The molecule has 1 saturated heterocycles. The van der Waals surface area contributed by atoms with Crippen LogP contribution in [0, 0.1) is 0 Å². The predicted octanol–water partition coefficient (Wildman–Crippen LogP) is 3.30. The van der Waals surface area contributed by atoms with Gasteiger partial charge in [-0.2, -0.15) is 0 Å². The highest BCUT2D eigenvalue weighted by Gasteiger charge is 2.23. The Balaban J connectivity index is 1.33. The molecule has 0 unspecified atom stereocenters. The molecule has 1 fully saturated rings. The lowest BCUT2D eigenvalue weighted by Gasteiger charge is -2.35. The van der Waals surface area contributed by atoms with E-state index in [0.717, 1.165) is 30.5 Å². The van der Waals surface area contributed by atoms with Gasteiger partial charge >= 0.3 is 0 Å². The van der Waals surface area contributed by atoms with Crippen LogP contribution < -0.4 is 14.5 Å². The average molecular weight is 403 g/mol. The molecule has 1 aromatic heterocycles. The summed E-state index contributed by atoms with van der Waals surface area (Å²) < 4.78 is 5.80. The molecule has 0 saturated carbocycles. The van der Waals surface area contributed by atoms with E-state index >= 15 is 0 Å². The first-order valence-corrected chi connectivity index (χ1v) is 9.98. The summed E-state index contributed by atoms with van der Waals surface area (Å²) in [7, 11) is 3.88. The molecule has 0 bridgehead atoms. The highest BCUT2D eigenvalue weighted by Crippen LogP contribution is 2.22. The van der Waals surface area contributed by atoms with Crippen molar-refractivity contribution in [3.05, 3.63) is 72.3 Å². The van der Waals surface area contributed by atoms with Gasteiger partial charge in [0.25, 0.3) is 5.91 Å². The van der Waals surface area contributed by atoms with Gasteiger partial charge in [0, 0.05) is 45.8 Å². The Bertz CT molecular complexity index is 967. The number of benzene rings is 2. The Morgan fingerprint density at radius 1 is 0.833 bits per heavy atom. The maximum absolute atomic E-state index is 12.9. The van der Waals surface area contributed by atoms with E-state index in [9.17, 15) is 4.79 Å². The van der Waals surface area contributed by atoms with E-state index in [1.54, 1.807) is 0 Å². The topological polar surface area (TPSA) is 61.8 Å². The van der Waals surface area contributed by atoms with Crippen LogP contribution in [0.5, 0.6) is 11.5 Å². The SMILES string of the molecule is CN(C)c1ccc(N2CCN(C(=O)c3ccc(Oc4ccccc4)cc3)CC2)nn1. The number of para-hydroxylation sites is 1. The van der Waals surface area contributed by atoms with E-state index in [1.807, 2.05) is 90.6 Å². The van der Waals surface area contributed by atoms with Gasteiger partial charge in [0.05, 0.1) is 0 Å². The minimum atomic E-state index is 0.0370. The van der Waals surface area contributed by atoms with E-state index < -0.39 is 0 Å². The Morgan fingerprint density at radius 3 is 2.10 bits per heavy atom. The number of hydrogen-bond acceptors (Lipinski definition) is 6. The fourth-order valence-corrected chi connectivity index (χ4v) is 3.34. The maximum Gasteiger partial charge on any atom is 0.253 e. The molecular weight excluding hydrogens is 378 g/mol. The minimum absolute atomic E-state index is 0.0370. The maximum atomic E-state index is 12.9. The second-order valence-electron chi connectivity index (χ2n) is 7.36. The molecule has 7 nitrogen and oxygen atoms in total. The summed E-state index contributed by atoms with van der Waals surface area (Å²) in [6.45, 7) is 2.77. The van der Waals surface area contributed by atoms with Crippen LogP contribution in [0.15, 0.2) is 66.7 Å². The first-order valence-electron chi connectivity index (χ1n) is 9.98. The minimum Gasteiger partial charge on any atom is -0.457 e. The molecule has 7 heteroatoms. The second kappa shape index (κ2) is 8.82. The van der Waals surface area contributed by atoms with E-state index in [2.05, 4.69) is 15.1 Å². The van der Waals surface area contributed by atoms with Crippen molar-refractivity contribution in [2.24, 2.45) is 0 Å². The van der Waals surface area contributed by atoms with Gasteiger partial charge in [0.2, 0.25) is 0 Å². The number of carbonyl (C=O) groups is 1. The number of anilines is 2. The van der Waals surface area contributed by atoms with Gasteiger partial charge in [-0.25, -0.2) is 0 Å². The number of aromatic nitrogens is 2. The second-order valence-corrected chi connectivity index (χ2v) is 7.36. The van der Waals surface area contributed by atoms with Crippen molar-refractivity contribution >= 4 is 17.5 Å². The van der Waals surface area contributed by atoms with Gasteiger partial charge in [0.1, 0.15) is 11.5 Å². The molecule has 3 aromatic rings. The zero-order valence-electron chi connectivity index (χ0n) is 17.2. The van der Waals surface area contributed by atoms with Crippen LogP contribution in [0.4, 0.5) is 11.6 Å². The Labute approximate surface area is 176 Å². The summed E-state index contributed by atoms with van der Waals surface area (Å²) in [5.74, 6) is 3.19. The van der Waals surface area contributed by atoms with Crippen molar-refractivity contribution in [3.63, 3.8) is 0 Å². The molecule has 1 amide bonds. The number of piperazine rings is 1. The van der Waals surface area contributed by atoms with Crippen LogP contribution in [-0.2, 0) is 0 Å². The number of hydrogen-bond donors (Lipinski definition) is 0. The van der Waals surface area contributed by atoms with Crippen LogP contribution in [-0.4, -0.2) is 61.3 Å². The Kier molecular flexibility index (Phi) is 5.79. The third kappa shape index (κ3) is 4.51. The molecule has 154 valence electrons. The van der Waals surface area contributed by atoms with Crippen molar-refractivity contribution in [1.82, 2.24) is 15.1 Å². The van der Waals surface area contributed by atoms with Crippen LogP contribution in [0.3, 0.4) is 0 Å². The highest BCUT2D eigenvalue weighted by molar-refractivity contribution is 5.94. The molecule has 0 spiro atoms. The lowest BCUT2D eigenvalue weighted by molar-refractivity contribution is 0.0746. The first-order chi connectivity index (χ1) is 14.6. The van der Waals surface area contributed by atoms with Gasteiger partial charge in [0.15, 0.2) is 11.6 Å². The molecule has 2 heterocycles. The van der Waals surface area contributed by atoms with Gasteiger partial charge in [-0.3, -0.25) is 4.79 Å². The largest absolute Gasteiger partial charge is 0.457 e. The number of carbonyl (C=O) groups excluding carboxylic acids is 1. The number of amides is 1. The summed E-state index contributed by atoms with van der Waals surface area (Å²) in [6, 6.07) is 20.8. The fourth-order valence-electron chi connectivity index (χ4n) is 3.34. The summed E-state index contributed by atoms with van der Waals surface area (Å²) in [6.07, 6.45) is 0. The molecule has 0 radical (unpaired) electrons. The number of rotatable bonds is 5. The van der Waals surface area contributed by atoms with Gasteiger partial charge in [-0.05, 0) is 48.5 Å². The lowest BCUT2D eigenvalue weighted by Crippen LogP contribution is -2.49. The number of nitrogens with zero attached hydrogens (tertiary/aromatic N) is 5. The normalized spacial score (nSPS) is 13.8. The quantitative estimate of drug-likeness (QED) is 0.651. The van der Waals surface area contributed by atoms with Crippen LogP contribution in [0.2, 0.25) is 0 Å². The van der Waals surface area contributed by atoms with E-state index in [1.165, 1.54) is 0 Å². The molecule has 30 heavy (non-hydrogen) atoms. The van der Waals surface area contributed by atoms with Crippen LogP contribution in [0.1, 0.15) is 10.4 Å². The molecule has 1 aliphatic rings. The Hall–Kier alpha value is -3.61. The van der Waals surface area contributed by atoms with Gasteiger partial charge < -0.3 is 19.4 Å². The third-order valence-corrected chi connectivity index (χ3v) is 5.07. The highest BCUT2D eigenvalue weighted by atomic mass is 16.5. The molecule has 0 N–H and O–H groups in total. The molecule has 0 atom stereocenters. The monoisotopic (exact) mass is 403 g/mol. The van der Waals surface area contributed by atoms with Crippen molar-refractivity contribution in [3.8, 4) is 11.5 Å². The third-order valence-electron chi connectivity index (χ3n) is 5.07. The van der Waals surface area contributed by atoms with Crippen molar-refractivity contribution < 1.29 is 9.53 Å². The average Bonchev–Trinajstić information content (AvgIpc) is 2.80. The molecular formula is C23H25N5O2. The van der Waals surface area contributed by atoms with Gasteiger partial charge in [-0.15, -0.1) is 10.2 Å². The zero-order chi connectivity index (χ0) is 20.9. The fraction of sp³-hybridized carbons (Fsp3) is 0.261. The van der Waals surface area contributed by atoms with E-state index in [4.69, 9.17) is 4.74 Å². The zero-order valence-corrected chi connectivity index (χ0v) is 17.2. The Morgan fingerprint density at radius 2 is 1.50 bits per heavy atom. The smallest absolute Gasteiger partial charge is 0.253 e. The van der Waals surface area contributed by atoms with Crippen molar-refractivity contribution in [2.45, 2.75) is 0 Å². The summed E-state index contributed by atoms with van der Waals surface area (Å²) in [5.41, 5.74) is 0.666. The number of ether oxygens (including phenoxy) is 1. The van der Waals surface area contributed by atoms with Crippen LogP contribution in [0.25, 0.3) is 0 Å². The summed E-state index contributed by atoms with van der Waals surface area (Å²) in [5, 5.41) is 8.55. The molecule has 4 rings (SSSR count). The lowest BCUT2D eigenvalue weighted by atomic mass is 10.1. The summed E-state index contributed by atoms with van der Waals surface area (Å²) >= 11 is 0.